The number of carbonyl (C=O) groups excluding carboxylic acids is 1. The van der Waals surface area contributed by atoms with E-state index in [1.807, 2.05) is 17.5 Å². The highest BCUT2D eigenvalue weighted by molar-refractivity contribution is 7.99. The maximum atomic E-state index is 12.7. The van der Waals surface area contributed by atoms with Gasteiger partial charge in [0.25, 0.3) is 0 Å². The van der Waals surface area contributed by atoms with E-state index in [0.29, 0.717) is 28.2 Å². The number of rotatable bonds is 7. The van der Waals surface area contributed by atoms with Crippen molar-refractivity contribution in [2.45, 2.75) is 11.6 Å². The van der Waals surface area contributed by atoms with Crippen molar-refractivity contribution < 1.29 is 4.79 Å². The van der Waals surface area contributed by atoms with Gasteiger partial charge < -0.3 is 4.90 Å². The first kappa shape index (κ1) is 18.5. The van der Waals surface area contributed by atoms with E-state index in [-0.39, 0.29) is 18.1 Å². The average Bonchev–Trinajstić information content (AvgIpc) is 3.32. The zero-order valence-electron chi connectivity index (χ0n) is 13.6. The van der Waals surface area contributed by atoms with Gasteiger partial charge >= 0.3 is 0 Å². The van der Waals surface area contributed by atoms with Crippen molar-refractivity contribution in [2.75, 3.05) is 17.2 Å². The number of nitrogens with one attached hydrogen (secondary N) is 1. The number of aromatic nitrogens is 3. The second kappa shape index (κ2) is 8.85. The SMILES string of the molecule is N#CCCN(C(=O)CSc1n[nH]c(-c2cccs2)n1)c1cccc(Cl)c1. The lowest BCUT2D eigenvalue weighted by Crippen LogP contribution is -2.33. The van der Waals surface area contributed by atoms with E-state index in [2.05, 4.69) is 21.3 Å². The summed E-state index contributed by atoms with van der Waals surface area (Å²) in [7, 11) is 0. The molecule has 0 radical (unpaired) electrons. The van der Waals surface area contributed by atoms with E-state index < -0.39 is 0 Å². The summed E-state index contributed by atoms with van der Waals surface area (Å²) in [5.41, 5.74) is 0.674. The lowest BCUT2D eigenvalue weighted by atomic mass is 10.2. The van der Waals surface area contributed by atoms with Crippen molar-refractivity contribution in [1.29, 1.82) is 5.26 Å². The Labute approximate surface area is 163 Å². The van der Waals surface area contributed by atoms with Gasteiger partial charge in [-0.15, -0.1) is 16.4 Å². The van der Waals surface area contributed by atoms with Crippen LogP contribution < -0.4 is 4.90 Å². The molecule has 0 saturated carbocycles. The maximum Gasteiger partial charge on any atom is 0.237 e. The first-order chi connectivity index (χ1) is 12.7. The second-order valence-corrected chi connectivity index (χ2v) is 7.49. The zero-order valence-corrected chi connectivity index (χ0v) is 15.9. The third kappa shape index (κ3) is 4.64. The quantitative estimate of drug-likeness (QED) is 0.596. The van der Waals surface area contributed by atoms with Gasteiger partial charge in [-0.1, -0.05) is 35.5 Å². The predicted octanol–water partition coefficient (Wildman–Crippen LogP) is 4.23. The number of aromatic amines is 1. The minimum absolute atomic E-state index is 0.130. The number of carbonyl (C=O) groups is 1. The van der Waals surface area contributed by atoms with E-state index in [0.717, 1.165) is 4.88 Å². The van der Waals surface area contributed by atoms with Gasteiger partial charge in [-0.05, 0) is 29.6 Å². The fraction of sp³-hybridized carbons (Fsp3) is 0.176. The van der Waals surface area contributed by atoms with E-state index >= 15 is 0 Å². The summed E-state index contributed by atoms with van der Waals surface area (Å²) in [6, 6.07) is 13.0. The molecule has 0 aliphatic carbocycles. The molecule has 0 bridgehead atoms. The number of hydrogen-bond acceptors (Lipinski definition) is 6. The summed E-state index contributed by atoms with van der Waals surface area (Å²) in [4.78, 5) is 19.6. The van der Waals surface area contributed by atoms with Gasteiger partial charge in [0, 0.05) is 17.3 Å². The molecule has 0 aliphatic rings. The Balaban J connectivity index is 1.67. The lowest BCUT2D eigenvalue weighted by Gasteiger charge is -2.21. The highest BCUT2D eigenvalue weighted by atomic mass is 35.5. The Morgan fingerprint density at radius 1 is 1.38 bits per heavy atom. The number of nitrogens with zero attached hydrogens (tertiary/aromatic N) is 4. The third-order valence-electron chi connectivity index (χ3n) is 3.41. The molecule has 0 saturated heterocycles. The topological polar surface area (TPSA) is 85.7 Å². The predicted molar refractivity (Wildman–Crippen MR) is 104 cm³/mol. The van der Waals surface area contributed by atoms with Crippen molar-refractivity contribution in [3.8, 4) is 16.8 Å². The molecule has 1 N–H and O–H groups in total. The average molecular weight is 404 g/mol. The molecular formula is C17H14ClN5OS2. The molecule has 0 aliphatic heterocycles. The molecular weight excluding hydrogens is 390 g/mol. The lowest BCUT2D eigenvalue weighted by molar-refractivity contribution is -0.116. The van der Waals surface area contributed by atoms with Crippen LogP contribution in [0.5, 0.6) is 0 Å². The van der Waals surface area contributed by atoms with Crippen LogP contribution in [0, 0.1) is 11.3 Å². The largest absolute Gasteiger partial charge is 0.311 e. The fourth-order valence-electron chi connectivity index (χ4n) is 2.24. The van der Waals surface area contributed by atoms with Crippen LogP contribution >= 0.6 is 34.7 Å². The first-order valence-corrected chi connectivity index (χ1v) is 9.93. The van der Waals surface area contributed by atoms with Crippen LogP contribution in [0.2, 0.25) is 5.02 Å². The molecule has 0 spiro atoms. The minimum Gasteiger partial charge on any atom is -0.311 e. The number of halogens is 1. The Morgan fingerprint density at radius 2 is 2.27 bits per heavy atom. The minimum atomic E-state index is -0.130. The zero-order chi connectivity index (χ0) is 18.4. The molecule has 2 heterocycles. The Morgan fingerprint density at radius 3 is 3.00 bits per heavy atom. The summed E-state index contributed by atoms with van der Waals surface area (Å²) >= 11 is 8.84. The van der Waals surface area contributed by atoms with Crippen molar-refractivity contribution in [3.05, 3.63) is 46.8 Å². The normalized spacial score (nSPS) is 10.5. The first-order valence-electron chi connectivity index (χ1n) is 7.69. The van der Waals surface area contributed by atoms with Crippen molar-refractivity contribution in [1.82, 2.24) is 15.2 Å². The maximum absolute atomic E-state index is 12.7. The molecule has 3 aromatic rings. The van der Waals surface area contributed by atoms with Crippen molar-refractivity contribution >= 4 is 46.3 Å². The van der Waals surface area contributed by atoms with Crippen LogP contribution in [0.25, 0.3) is 10.7 Å². The Kier molecular flexibility index (Phi) is 6.28. The van der Waals surface area contributed by atoms with Crippen LogP contribution in [0.1, 0.15) is 6.42 Å². The van der Waals surface area contributed by atoms with Crippen molar-refractivity contribution in [2.24, 2.45) is 0 Å². The van der Waals surface area contributed by atoms with Crippen LogP contribution in [-0.2, 0) is 4.79 Å². The molecule has 132 valence electrons. The third-order valence-corrected chi connectivity index (χ3v) is 5.36. The molecule has 1 amide bonds. The van der Waals surface area contributed by atoms with E-state index in [1.54, 1.807) is 40.5 Å². The molecule has 2 aromatic heterocycles. The molecule has 0 unspecified atom stereocenters. The molecule has 1 aromatic carbocycles. The summed E-state index contributed by atoms with van der Waals surface area (Å²) in [6.07, 6.45) is 0.242. The molecule has 6 nitrogen and oxygen atoms in total. The van der Waals surface area contributed by atoms with E-state index in [4.69, 9.17) is 16.9 Å². The number of hydrogen-bond donors (Lipinski definition) is 1. The number of nitriles is 1. The molecule has 0 fully saturated rings. The van der Waals surface area contributed by atoms with Gasteiger partial charge in [-0.2, -0.15) is 5.26 Å². The second-order valence-electron chi connectivity index (χ2n) is 5.17. The van der Waals surface area contributed by atoms with Gasteiger partial charge in [0.15, 0.2) is 5.82 Å². The smallest absolute Gasteiger partial charge is 0.237 e. The van der Waals surface area contributed by atoms with E-state index in [1.165, 1.54) is 11.8 Å². The number of thiophene rings is 1. The van der Waals surface area contributed by atoms with Gasteiger partial charge in [-0.3, -0.25) is 9.89 Å². The summed E-state index contributed by atoms with van der Waals surface area (Å²) in [5, 5.41) is 18.9. The number of anilines is 1. The van der Waals surface area contributed by atoms with E-state index in [9.17, 15) is 4.79 Å². The highest BCUT2D eigenvalue weighted by Gasteiger charge is 2.17. The number of thioether (sulfide) groups is 1. The monoisotopic (exact) mass is 403 g/mol. The number of H-pyrrole nitrogens is 1. The van der Waals surface area contributed by atoms with Gasteiger partial charge in [0.2, 0.25) is 11.1 Å². The highest BCUT2D eigenvalue weighted by Crippen LogP contribution is 2.25. The standard InChI is InChI=1S/C17H14ClN5OS2/c18-12-4-1-5-13(10-12)23(8-3-7-19)15(24)11-26-17-20-16(21-22-17)14-6-2-9-25-14/h1-2,4-6,9-10H,3,8,11H2,(H,20,21,22). The summed E-state index contributed by atoms with van der Waals surface area (Å²) < 4.78 is 0. The van der Waals surface area contributed by atoms with Crippen LogP contribution in [-0.4, -0.2) is 33.4 Å². The molecule has 26 heavy (non-hydrogen) atoms. The van der Waals surface area contributed by atoms with Crippen molar-refractivity contribution in [3.63, 3.8) is 0 Å². The molecule has 0 atom stereocenters. The molecule has 3 rings (SSSR count). The van der Waals surface area contributed by atoms with Gasteiger partial charge in [0.1, 0.15) is 0 Å². The van der Waals surface area contributed by atoms with Gasteiger partial charge in [-0.25, -0.2) is 4.98 Å². The summed E-state index contributed by atoms with van der Waals surface area (Å²) in [5.74, 6) is 0.723. The number of amides is 1. The Bertz CT molecular complexity index is 919. The van der Waals surface area contributed by atoms with Crippen LogP contribution in [0.3, 0.4) is 0 Å². The Hall–Kier alpha value is -2.34. The van der Waals surface area contributed by atoms with Gasteiger partial charge in [0.05, 0.1) is 23.1 Å². The van der Waals surface area contributed by atoms with Crippen LogP contribution in [0.4, 0.5) is 5.69 Å². The van der Waals surface area contributed by atoms with Crippen LogP contribution in [0.15, 0.2) is 46.9 Å². The molecule has 9 heteroatoms. The fourth-order valence-corrected chi connectivity index (χ4v) is 3.77. The summed E-state index contributed by atoms with van der Waals surface area (Å²) in [6.45, 7) is 0.310. The number of benzene rings is 1.